The van der Waals surface area contributed by atoms with E-state index in [0.717, 1.165) is 30.8 Å². The number of unbranched alkanes of at least 4 members (excludes halogenated alkanes) is 1. The van der Waals surface area contributed by atoms with Crippen LogP contribution in [-0.4, -0.2) is 18.7 Å². The molecule has 0 radical (unpaired) electrons. The molecule has 0 atom stereocenters. The van der Waals surface area contributed by atoms with E-state index in [-0.39, 0.29) is 0 Å². The third-order valence-electron chi connectivity index (χ3n) is 1.78. The maximum atomic E-state index is 5.07. The Morgan fingerprint density at radius 1 is 1.50 bits per heavy atom. The van der Waals surface area contributed by atoms with Crippen LogP contribution in [0.15, 0.2) is 10.6 Å². The third-order valence-corrected chi connectivity index (χ3v) is 1.78. The van der Waals surface area contributed by atoms with Gasteiger partial charge in [-0.1, -0.05) is 5.16 Å². The van der Waals surface area contributed by atoms with Crippen LogP contribution >= 0.6 is 0 Å². The Bertz CT molecular complexity index is 220. The maximum Gasteiger partial charge on any atom is 0.136 e. The zero-order valence-electron chi connectivity index (χ0n) is 7.76. The summed E-state index contributed by atoms with van der Waals surface area (Å²) >= 11 is 0. The van der Waals surface area contributed by atoms with E-state index in [1.165, 1.54) is 6.42 Å². The van der Waals surface area contributed by atoms with Crippen molar-refractivity contribution in [1.82, 2.24) is 10.5 Å². The second-order valence-corrected chi connectivity index (χ2v) is 3.00. The van der Waals surface area contributed by atoms with E-state index in [1.54, 1.807) is 0 Å². The lowest BCUT2D eigenvalue weighted by atomic mass is 10.2. The number of nitrogens with zero attached hydrogens (tertiary/aromatic N) is 1. The Balaban J connectivity index is 2.15. The summed E-state index contributed by atoms with van der Waals surface area (Å²) in [5.74, 6) is 1.00. The minimum Gasteiger partial charge on any atom is -0.361 e. The van der Waals surface area contributed by atoms with Gasteiger partial charge in [0, 0.05) is 12.5 Å². The van der Waals surface area contributed by atoms with Crippen molar-refractivity contribution in [3.8, 4) is 0 Å². The lowest BCUT2D eigenvalue weighted by Gasteiger charge is -1.96. The van der Waals surface area contributed by atoms with Crippen molar-refractivity contribution < 1.29 is 4.52 Å². The molecule has 0 aliphatic rings. The van der Waals surface area contributed by atoms with Crippen LogP contribution in [-0.2, 0) is 6.42 Å². The number of nitrogens with one attached hydrogen (secondary N) is 1. The van der Waals surface area contributed by atoms with Crippen molar-refractivity contribution in [2.24, 2.45) is 0 Å². The monoisotopic (exact) mass is 168 g/mol. The summed E-state index contributed by atoms with van der Waals surface area (Å²) in [5, 5.41) is 6.94. The second-order valence-electron chi connectivity index (χ2n) is 3.00. The van der Waals surface area contributed by atoms with Gasteiger partial charge in [-0.3, -0.25) is 0 Å². The fraction of sp³-hybridized carbons (Fsp3) is 0.667. The van der Waals surface area contributed by atoms with Crippen molar-refractivity contribution in [2.45, 2.75) is 26.2 Å². The van der Waals surface area contributed by atoms with Gasteiger partial charge in [0.1, 0.15) is 5.76 Å². The molecular weight excluding hydrogens is 152 g/mol. The van der Waals surface area contributed by atoms with Crippen molar-refractivity contribution >= 4 is 0 Å². The molecule has 1 aromatic heterocycles. The Kier molecular flexibility index (Phi) is 3.80. The van der Waals surface area contributed by atoms with E-state index in [9.17, 15) is 0 Å². The first-order valence-electron chi connectivity index (χ1n) is 4.39. The molecule has 1 heterocycles. The number of rotatable bonds is 5. The number of hydrogen-bond acceptors (Lipinski definition) is 3. The van der Waals surface area contributed by atoms with E-state index in [1.807, 2.05) is 20.0 Å². The van der Waals surface area contributed by atoms with Crippen LogP contribution in [0.2, 0.25) is 0 Å². The Labute approximate surface area is 73.1 Å². The fourth-order valence-corrected chi connectivity index (χ4v) is 1.14. The van der Waals surface area contributed by atoms with Crippen molar-refractivity contribution in [1.29, 1.82) is 0 Å². The van der Waals surface area contributed by atoms with E-state index < -0.39 is 0 Å². The highest BCUT2D eigenvalue weighted by molar-refractivity contribution is 5.02. The van der Waals surface area contributed by atoms with Gasteiger partial charge in [0.05, 0.1) is 5.69 Å². The second kappa shape index (κ2) is 4.93. The lowest BCUT2D eigenvalue weighted by Crippen LogP contribution is -2.07. The number of aromatic nitrogens is 1. The molecule has 1 aromatic rings. The largest absolute Gasteiger partial charge is 0.361 e. The Morgan fingerprint density at radius 3 is 2.92 bits per heavy atom. The molecule has 3 nitrogen and oxygen atoms in total. The third kappa shape index (κ3) is 3.05. The molecule has 0 spiro atoms. The average molecular weight is 168 g/mol. The predicted octanol–water partition coefficient (Wildman–Crippen LogP) is 1.53. The summed E-state index contributed by atoms with van der Waals surface area (Å²) in [6.07, 6.45) is 3.36. The summed E-state index contributed by atoms with van der Waals surface area (Å²) in [5.41, 5.74) is 0.971. The average Bonchev–Trinajstić information content (AvgIpc) is 2.45. The summed E-state index contributed by atoms with van der Waals surface area (Å²) < 4.78 is 5.07. The molecule has 0 saturated heterocycles. The number of hydrogen-bond donors (Lipinski definition) is 1. The summed E-state index contributed by atoms with van der Waals surface area (Å²) in [4.78, 5) is 0. The van der Waals surface area contributed by atoms with Crippen LogP contribution in [0, 0.1) is 6.92 Å². The van der Waals surface area contributed by atoms with E-state index in [2.05, 4.69) is 10.5 Å². The molecule has 12 heavy (non-hydrogen) atoms. The summed E-state index contributed by atoms with van der Waals surface area (Å²) in [6.45, 7) is 3.02. The van der Waals surface area contributed by atoms with Crippen LogP contribution in [0.3, 0.4) is 0 Å². The molecule has 68 valence electrons. The zero-order chi connectivity index (χ0) is 8.81. The molecule has 0 aliphatic carbocycles. The van der Waals surface area contributed by atoms with Crippen LogP contribution < -0.4 is 5.32 Å². The molecule has 0 fully saturated rings. The van der Waals surface area contributed by atoms with Crippen molar-refractivity contribution in [3.63, 3.8) is 0 Å². The minimum absolute atomic E-state index is 0.971. The molecule has 1 rings (SSSR count). The topological polar surface area (TPSA) is 38.1 Å². The molecule has 0 bridgehead atoms. The highest BCUT2D eigenvalue weighted by Gasteiger charge is 1.98. The number of aryl methyl sites for hydroxylation is 2. The van der Waals surface area contributed by atoms with E-state index in [0.29, 0.717) is 0 Å². The first-order chi connectivity index (χ1) is 5.83. The van der Waals surface area contributed by atoms with Crippen LogP contribution in [0.1, 0.15) is 24.3 Å². The first kappa shape index (κ1) is 9.26. The van der Waals surface area contributed by atoms with Crippen molar-refractivity contribution in [3.05, 3.63) is 17.5 Å². The highest BCUT2D eigenvalue weighted by Crippen LogP contribution is 2.05. The van der Waals surface area contributed by atoms with Gasteiger partial charge in [-0.2, -0.15) is 0 Å². The highest BCUT2D eigenvalue weighted by atomic mass is 16.5. The molecule has 0 aliphatic heterocycles. The SMILES string of the molecule is CNCCCCc1cc(C)no1. The van der Waals surface area contributed by atoms with E-state index in [4.69, 9.17) is 4.52 Å². The summed E-state index contributed by atoms with van der Waals surface area (Å²) in [7, 11) is 1.97. The standard InChI is InChI=1S/C9H16N2O/c1-8-7-9(12-11-8)5-3-4-6-10-2/h7,10H,3-6H2,1-2H3. The van der Waals surface area contributed by atoms with Gasteiger partial charge in [-0.25, -0.2) is 0 Å². The van der Waals surface area contributed by atoms with Gasteiger partial charge in [-0.15, -0.1) is 0 Å². The van der Waals surface area contributed by atoms with Gasteiger partial charge >= 0.3 is 0 Å². The van der Waals surface area contributed by atoms with Crippen LogP contribution in [0.25, 0.3) is 0 Å². The summed E-state index contributed by atoms with van der Waals surface area (Å²) in [6, 6.07) is 2.00. The Hall–Kier alpha value is -0.830. The van der Waals surface area contributed by atoms with Crippen LogP contribution in [0.4, 0.5) is 0 Å². The zero-order valence-corrected chi connectivity index (χ0v) is 7.76. The predicted molar refractivity (Wildman–Crippen MR) is 48.1 cm³/mol. The quantitative estimate of drug-likeness (QED) is 0.677. The minimum atomic E-state index is 0.971. The smallest absolute Gasteiger partial charge is 0.136 e. The maximum absolute atomic E-state index is 5.07. The first-order valence-corrected chi connectivity index (χ1v) is 4.39. The van der Waals surface area contributed by atoms with Crippen molar-refractivity contribution in [2.75, 3.05) is 13.6 Å². The van der Waals surface area contributed by atoms with Gasteiger partial charge in [0.2, 0.25) is 0 Å². The molecule has 0 unspecified atom stereocenters. The Morgan fingerprint density at radius 2 is 2.33 bits per heavy atom. The molecule has 0 amide bonds. The molecule has 3 heteroatoms. The lowest BCUT2D eigenvalue weighted by molar-refractivity contribution is 0.375. The fourth-order valence-electron chi connectivity index (χ4n) is 1.14. The van der Waals surface area contributed by atoms with Gasteiger partial charge in [0.25, 0.3) is 0 Å². The molecule has 1 N–H and O–H groups in total. The van der Waals surface area contributed by atoms with Gasteiger partial charge in [-0.05, 0) is 33.4 Å². The van der Waals surface area contributed by atoms with E-state index >= 15 is 0 Å². The molecule has 0 aromatic carbocycles. The van der Waals surface area contributed by atoms with Crippen LogP contribution in [0.5, 0.6) is 0 Å². The molecule has 0 saturated carbocycles. The molecular formula is C9H16N2O. The van der Waals surface area contributed by atoms with Gasteiger partial charge < -0.3 is 9.84 Å². The van der Waals surface area contributed by atoms with Gasteiger partial charge in [0.15, 0.2) is 0 Å². The normalized spacial score (nSPS) is 10.5.